The molecule has 3 nitrogen and oxygen atoms in total. The van der Waals surface area contributed by atoms with Crippen LogP contribution in [0.3, 0.4) is 0 Å². The zero-order chi connectivity index (χ0) is 17.2. The van der Waals surface area contributed by atoms with Crippen LogP contribution >= 0.6 is 0 Å². The van der Waals surface area contributed by atoms with Crippen LogP contribution in [-0.4, -0.2) is 17.9 Å². The number of allylic oxidation sites excluding steroid dienone is 3. The fraction of sp³-hybridized carbons (Fsp3) is 0.700. The molecule has 3 heteroatoms. The molecule has 2 fully saturated rings. The van der Waals surface area contributed by atoms with Crippen molar-refractivity contribution in [1.82, 2.24) is 0 Å². The van der Waals surface area contributed by atoms with E-state index in [0.29, 0.717) is 17.4 Å². The van der Waals surface area contributed by atoms with Crippen molar-refractivity contribution in [2.45, 2.75) is 60.5 Å². The van der Waals surface area contributed by atoms with Gasteiger partial charge in [0.25, 0.3) is 0 Å². The van der Waals surface area contributed by atoms with Crippen molar-refractivity contribution in [3.8, 4) is 0 Å². The second-order valence-corrected chi connectivity index (χ2v) is 8.44. The van der Waals surface area contributed by atoms with E-state index in [1.807, 2.05) is 13.8 Å². The van der Waals surface area contributed by atoms with E-state index in [2.05, 4.69) is 26.8 Å². The Morgan fingerprint density at radius 2 is 1.96 bits per heavy atom. The van der Waals surface area contributed by atoms with Gasteiger partial charge in [0.2, 0.25) is 0 Å². The van der Waals surface area contributed by atoms with E-state index in [9.17, 15) is 9.59 Å². The number of carbonyl (C=O) groups is 2. The summed E-state index contributed by atoms with van der Waals surface area (Å²) in [5, 5.41) is 0. The number of hydrogen-bond acceptors (Lipinski definition) is 3. The Labute approximate surface area is 139 Å². The zero-order valence-corrected chi connectivity index (χ0v) is 15.1. The van der Waals surface area contributed by atoms with Crippen molar-refractivity contribution >= 4 is 11.8 Å². The predicted octanol–water partition coefficient (Wildman–Crippen LogP) is 4.08. The van der Waals surface area contributed by atoms with Gasteiger partial charge in [-0.25, -0.2) is 4.79 Å². The summed E-state index contributed by atoms with van der Waals surface area (Å²) in [6.07, 6.45) is 7.50. The van der Waals surface area contributed by atoms with E-state index < -0.39 is 5.41 Å². The lowest BCUT2D eigenvalue weighted by Gasteiger charge is -2.42. The third-order valence-corrected chi connectivity index (χ3v) is 7.28. The van der Waals surface area contributed by atoms with Gasteiger partial charge in [0.1, 0.15) is 6.10 Å². The molecule has 0 aromatic heterocycles. The summed E-state index contributed by atoms with van der Waals surface area (Å²) in [6.45, 7) is 12.2. The molecule has 2 saturated carbocycles. The molecule has 0 N–H and O–H groups in total. The van der Waals surface area contributed by atoms with Crippen molar-refractivity contribution in [2.24, 2.45) is 28.1 Å². The molecule has 126 valence electrons. The summed E-state index contributed by atoms with van der Waals surface area (Å²) < 4.78 is 5.98. The first kappa shape index (κ1) is 16.5. The first-order valence-electron chi connectivity index (χ1n) is 8.71. The van der Waals surface area contributed by atoms with Gasteiger partial charge in [0.15, 0.2) is 5.78 Å². The standard InChI is InChI=1S/C20H28O3/c1-7-12(2)16(22)23-17-18(4,5)14-9-8-13(3)20(14)11-10-15(21)19(17,20)6/h7,10-11,13-14,17H,8-9H2,1-6H3/b12-7+/t13-,14+,17+,19+,20+/m1/s1. The summed E-state index contributed by atoms with van der Waals surface area (Å²) >= 11 is 0. The van der Waals surface area contributed by atoms with Crippen molar-refractivity contribution in [3.63, 3.8) is 0 Å². The monoisotopic (exact) mass is 316 g/mol. The minimum atomic E-state index is -0.638. The van der Waals surface area contributed by atoms with Crippen LogP contribution in [-0.2, 0) is 14.3 Å². The van der Waals surface area contributed by atoms with Gasteiger partial charge < -0.3 is 4.74 Å². The zero-order valence-electron chi connectivity index (χ0n) is 15.1. The molecule has 1 spiro atoms. The van der Waals surface area contributed by atoms with Crippen LogP contribution in [0.1, 0.15) is 54.4 Å². The van der Waals surface area contributed by atoms with E-state index in [-0.39, 0.29) is 28.7 Å². The molecular weight excluding hydrogens is 288 g/mol. The lowest BCUT2D eigenvalue weighted by atomic mass is 9.61. The number of ether oxygens (including phenoxy) is 1. The smallest absolute Gasteiger partial charge is 0.333 e. The third kappa shape index (κ3) is 1.71. The molecule has 0 aromatic carbocycles. The van der Waals surface area contributed by atoms with Gasteiger partial charge in [-0.05, 0) is 51.5 Å². The topological polar surface area (TPSA) is 43.4 Å². The van der Waals surface area contributed by atoms with Crippen LogP contribution in [0.5, 0.6) is 0 Å². The maximum Gasteiger partial charge on any atom is 0.333 e. The van der Waals surface area contributed by atoms with Gasteiger partial charge in [-0.3, -0.25) is 4.79 Å². The highest BCUT2D eigenvalue weighted by atomic mass is 16.5. The normalized spacial score (nSPS) is 44.3. The summed E-state index contributed by atoms with van der Waals surface area (Å²) in [5.41, 5.74) is -0.408. The summed E-state index contributed by atoms with van der Waals surface area (Å²) in [5.74, 6) is 0.638. The fourth-order valence-corrected chi connectivity index (χ4v) is 6.02. The SMILES string of the molecule is C/C=C(\C)C(=O)O[C@H]1C(C)(C)[C@@H]2CC[C@@H](C)[C@@]23C=CC(=O)[C@@]13C. The second-order valence-electron chi connectivity index (χ2n) is 8.44. The Kier molecular flexibility index (Phi) is 3.45. The largest absolute Gasteiger partial charge is 0.457 e. The number of hydrogen-bond donors (Lipinski definition) is 0. The quantitative estimate of drug-likeness (QED) is 0.569. The molecule has 0 saturated heterocycles. The number of ketones is 1. The van der Waals surface area contributed by atoms with Crippen molar-refractivity contribution in [3.05, 3.63) is 23.8 Å². The highest BCUT2D eigenvalue weighted by Crippen LogP contribution is 2.75. The van der Waals surface area contributed by atoms with Crippen molar-refractivity contribution < 1.29 is 14.3 Å². The molecule has 3 aliphatic carbocycles. The van der Waals surface area contributed by atoms with E-state index >= 15 is 0 Å². The average molecular weight is 316 g/mol. The van der Waals surface area contributed by atoms with E-state index in [1.54, 1.807) is 19.1 Å². The molecule has 0 unspecified atom stereocenters. The first-order chi connectivity index (χ1) is 10.6. The lowest BCUT2D eigenvalue weighted by Crippen LogP contribution is -2.49. The summed E-state index contributed by atoms with van der Waals surface area (Å²) in [7, 11) is 0. The Hall–Kier alpha value is -1.38. The molecule has 0 amide bonds. The summed E-state index contributed by atoms with van der Waals surface area (Å²) in [4.78, 5) is 25.3. The highest BCUT2D eigenvalue weighted by molar-refractivity contribution is 6.00. The highest BCUT2D eigenvalue weighted by Gasteiger charge is 2.77. The molecule has 3 aliphatic rings. The summed E-state index contributed by atoms with van der Waals surface area (Å²) in [6, 6.07) is 0. The molecular formula is C20H28O3. The lowest BCUT2D eigenvalue weighted by molar-refractivity contribution is -0.162. The third-order valence-electron chi connectivity index (χ3n) is 7.28. The second kappa shape index (κ2) is 4.81. The molecule has 0 aliphatic heterocycles. The minimum Gasteiger partial charge on any atom is -0.457 e. The molecule has 0 aromatic rings. The van der Waals surface area contributed by atoms with Crippen LogP contribution in [0.25, 0.3) is 0 Å². The maximum atomic E-state index is 12.9. The Balaban J connectivity index is 2.10. The van der Waals surface area contributed by atoms with Gasteiger partial charge in [-0.2, -0.15) is 0 Å². The molecule has 0 heterocycles. The van der Waals surface area contributed by atoms with E-state index in [1.165, 1.54) is 0 Å². The van der Waals surface area contributed by atoms with E-state index in [0.717, 1.165) is 12.8 Å². The Morgan fingerprint density at radius 3 is 2.57 bits per heavy atom. The first-order valence-corrected chi connectivity index (χ1v) is 8.71. The molecule has 0 bridgehead atoms. The van der Waals surface area contributed by atoms with Gasteiger partial charge in [0.05, 0.1) is 5.41 Å². The Morgan fingerprint density at radius 1 is 1.30 bits per heavy atom. The van der Waals surface area contributed by atoms with Gasteiger partial charge in [0, 0.05) is 16.4 Å². The fourth-order valence-electron chi connectivity index (χ4n) is 6.02. The minimum absolute atomic E-state index is 0.123. The van der Waals surface area contributed by atoms with Crippen LogP contribution in [0.4, 0.5) is 0 Å². The van der Waals surface area contributed by atoms with Crippen LogP contribution < -0.4 is 0 Å². The Bertz CT molecular complexity index is 627. The number of esters is 1. The number of rotatable bonds is 2. The molecule has 3 rings (SSSR count). The van der Waals surface area contributed by atoms with Crippen molar-refractivity contribution in [1.29, 1.82) is 0 Å². The van der Waals surface area contributed by atoms with Crippen molar-refractivity contribution in [2.75, 3.05) is 0 Å². The van der Waals surface area contributed by atoms with E-state index in [4.69, 9.17) is 4.74 Å². The molecule has 23 heavy (non-hydrogen) atoms. The molecule has 0 radical (unpaired) electrons. The van der Waals surface area contributed by atoms with Crippen LogP contribution in [0.2, 0.25) is 0 Å². The predicted molar refractivity (Wildman–Crippen MR) is 89.7 cm³/mol. The van der Waals surface area contributed by atoms with Crippen LogP contribution in [0.15, 0.2) is 23.8 Å². The van der Waals surface area contributed by atoms with Gasteiger partial charge >= 0.3 is 5.97 Å². The van der Waals surface area contributed by atoms with Gasteiger partial charge in [-0.1, -0.05) is 32.9 Å². The maximum absolute atomic E-state index is 12.9. The van der Waals surface area contributed by atoms with Gasteiger partial charge in [-0.15, -0.1) is 0 Å². The number of carbonyl (C=O) groups excluding carboxylic acids is 2. The van der Waals surface area contributed by atoms with Crippen LogP contribution in [0, 0.1) is 28.1 Å². The molecule has 5 atom stereocenters. The average Bonchev–Trinajstić information content (AvgIpc) is 3.02.